The molecule has 1 aliphatic rings. The highest BCUT2D eigenvalue weighted by atomic mass is 35.5. The Balaban J connectivity index is 1.62. The van der Waals surface area contributed by atoms with E-state index in [1.54, 1.807) is 12.3 Å². The summed E-state index contributed by atoms with van der Waals surface area (Å²) in [6.07, 6.45) is 3.16. The molecule has 0 spiro atoms. The Hall–Kier alpha value is -2.82. The number of nitrogens with zero attached hydrogens (tertiary/aromatic N) is 3. The lowest BCUT2D eigenvalue weighted by Gasteiger charge is -2.20. The van der Waals surface area contributed by atoms with Crippen molar-refractivity contribution >= 4 is 40.5 Å². The summed E-state index contributed by atoms with van der Waals surface area (Å²) < 4.78 is 49.9. The predicted molar refractivity (Wildman–Crippen MR) is 114 cm³/mol. The van der Waals surface area contributed by atoms with Gasteiger partial charge in [0, 0.05) is 59.3 Å². The molecule has 2 aromatic heterocycles. The van der Waals surface area contributed by atoms with Gasteiger partial charge >= 0.3 is 5.57 Å². The van der Waals surface area contributed by atoms with Crippen molar-refractivity contribution in [3.63, 3.8) is 0 Å². The molecule has 3 aromatic rings. The number of benzene rings is 1. The van der Waals surface area contributed by atoms with Gasteiger partial charge < -0.3 is 20.1 Å². The number of aromatic nitrogens is 2. The summed E-state index contributed by atoms with van der Waals surface area (Å²) in [7, 11) is 0. The Labute approximate surface area is 188 Å². The van der Waals surface area contributed by atoms with Crippen LogP contribution in [-0.2, 0) is 0 Å². The summed E-state index contributed by atoms with van der Waals surface area (Å²) in [6, 6.07) is 2.67. The van der Waals surface area contributed by atoms with Crippen molar-refractivity contribution in [1.29, 1.82) is 0 Å². The Morgan fingerprint density at radius 2 is 2.19 bits per heavy atom. The Morgan fingerprint density at radius 1 is 1.42 bits per heavy atom. The van der Waals surface area contributed by atoms with E-state index in [1.165, 1.54) is 17.7 Å². The first-order chi connectivity index (χ1) is 15.6. The van der Waals surface area contributed by atoms with Crippen molar-refractivity contribution in [2.45, 2.75) is 18.1 Å². The van der Waals surface area contributed by atoms with Crippen LogP contribution < -0.4 is 15.0 Å². The molecule has 0 radical (unpaired) electrons. The summed E-state index contributed by atoms with van der Waals surface area (Å²) in [5, 5.41) is 14.2. The molecule has 1 fully saturated rings. The molecule has 1 saturated heterocycles. The predicted octanol–water partition coefficient (Wildman–Crippen LogP) is 4.20. The zero-order valence-electron chi connectivity index (χ0n) is 17.8. The van der Waals surface area contributed by atoms with E-state index in [4.69, 9.17) is 14.3 Å². The summed E-state index contributed by atoms with van der Waals surface area (Å²) >= 11 is 5.97. The lowest BCUT2D eigenvalue weighted by molar-refractivity contribution is -0.0964. The van der Waals surface area contributed by atoms with E-state index in [0.717, 1.165) is 17.7 Å². The van der Waals surface area contributed by atoms with Crippen LogP contribution in [0.5, 0.6) is 5.75 Å². The minimum Gasteiger partial charge on any atom is -0.420 e. The minimum atomic E-state index is -3.99. The van der Waals surface area contributed by atoms with Crippen LogP contribution in [0.4, 0.5) is 20.3 Å². The Bertz CT molecular complexity index is 1160. The van der Waals surface area contributed by atoms with Crippen molar-refractivity contribution < 1.29 is 26.2 Å². The molecule has 2 N–H and O–H groups in total. The molecule has 7 nitrogen and oxygen atoms in total. The van der Waals surface area contributed by atoms with Crippen LogP contribution >= 0.6 is 23.1 Å². The molecular weight excluding hydrogens is 450 g/mol. The molecule has 0 bridgehead atoms. The number of hydrogen-bond acceptors (Lipinski definition) is 7. The molecule has 3 heterocycles. The summed E-state index contributed by atoms with van der Waals surface area (Å²) in [5.74, 6) is -0.512. The SMILES string of the molecule is [2H]c1cc(OC(F)(F)Cl)cc([2H])c1NC(=O)c1cnc(N2CC[C@@H](O)C2)c(-c2cnsc2)c1. The number of amides is 1. The molecule has 11 heteroatoms. The van der Waals surface area contributed by atoms with E-state index >= 15 is 0 Å². The minimum absolute atomic E-state index is 0.158. The van der Waals surface area contributed by atoms with Gasteiger partial charge in [-0.2, -0.15) is 0 Å². The number of alkyl halides is 3. The maximum Gasteiger partial charge on any atom is 0.487 e. The fraction of sp³-hybridized carbons (Fsp3) is 0.250. The van der Waals surface area contributed by atoms with Crippen LogP contribution in [0.15, 0.2) is 48.1 Å². The third-order valence-corrected chi connectivity index (χ3v) is 5.19. The first kappa shape index (κ1) is 18.9. The van der Waals surface area contributed by atoms with Crippen LogP contribution in [-0.4, -0.2) is 45.1 Å². The van der Waals surface area contributed by atoms with Crippen LogP contribution in [0.25, 0.3) is 11.1 Å². The fourth-order valence-corrected chi connectivity index (χ4v) is 3.76. The average molecular weight is 469 g/mol. The number of halogens is 3. The van der Waals surface area contributed by atoms with Gasteiger partial charge in [-0.1, -0.05) is 0 Å². The van der Waals surface area contributed by atoms with Crippen molar-refractivity contribution in [1.82, 2.24) is 9.36 Å². The van der Waals surface area contributed by atoms with Crippen LogP contribution in [0.3, 0.4) is 0 Å². The van der Waals surface area contributed by atoms with E-state index < -0.39 is 35.4 Å². The largest absolute Gasteiger partial charge is 0.487 e. The number of ether oxygens (including phenoxy) is 1. The molecular formula is C20H17ClF2N4O3S. The normalized spacial score (nSPS) is 17.3. The molecule has 0 saturated carbocycles. The third-order valence-electron chi connectivity index (χ3n) is 4.52. The first-order valence-corrected chi connectivity index (χ1v) is 10.3. The molecule has 0 aliphatic carbocycles. The number of pyridine rings is 1. The maximum absolute atomic E-state index is 12.9. The van der Waals surface area contributed by atoms with Gasteiger partial charge in [-0.25, -0.2) is 9.36 Å². The van der Waals surface area contributed by atoms with Gasteiger partial charge in [-0.15, -0.1) is 8.78 Å². The molecule has 1 aromatic carbocycles. The number of carbonyl (C=O) groups excluding carboxylic acids is 1. The van der Waals surface area contributed by atoms with Gasteiger partial charge in [0.2, 0.25) is 0 Å². The number of aliphatic hydroxyl groups excluding tert-OH is 1. The summed E-state index contributed by atoms with van der Waals surface area (Å²) in [5.41, 5.74) is -2.61. The molecule has 0 unspecified atom stereocenters. The molecule has 31 heavy (non-hydrogen) atoms. The number of anilines is 2. The summed E-state index contributed by atoms with van der Waals surface area (Å²) in [4.78, 5) is 19.2. The van der Waals surface area contributed by atoms with Crippen molar-refractivity contribution in [3.05, 3.63) is 53.6 Å². The number of rotatable bonds is 6. The van der Waals surface area contributed by atoms with Gasteiger partial charge in [-0.05, 0) is 48.2 Å². The highest BCUT2D eigenvalue weighted by Crippen LogP contribution is 2.33. The van der Waals surface area contributed by atoms with Gasteiger partial charge in [0.1, 0.15) is 11.6 Å². The monoisotopic (exact) mass is 468 g/mol. The van der Waals surface area contributed by atoms with E-state index in [0.29, 0.717) is 30.9 Å². The quantitative estimate of drug-likeness (QED) is 0.527. The number of nitrogens with one attached hydrogen (secondary N) is 1. The lowest BCUT2D eigenvalue weighted by Crippen LogP contribution is -2.23. The smallest absolute Gasteiger partial charge is 0.420 e. The van der Waals surface area contributed by atoms with Gasteiger partial charge in [0.25, 0.3) is 5.91 Å². The molecule has 162 valence electrons. The van der Waals surface area contributed by atoms with Crippen molar-refractivity contribution in [3.8, 4) is 16.9 Å². The van der Waals surface area contributed by atoms with E-state index in [9.17, 15) is 18.7 Å². The second kappa shape index (κ2) is 8.74. The van der Waals surface area contributed by atoms with Crippen molar-refractivity contribution in [2.24, 2.45) is 0 Å². The number of aliphatic hydroxyl groups is 1. The molecule has 1 amide bonds. The van der Waals surface area contributed by atoms with E-state index in [1.807, 2.05) is 10.3 Å². The number of carbonyl (C=O) groups is 1. The third kappa shape index (κ3) is 5.27. The number of hydrogen-bond donors (Lipinski definition) is 2. The second-order valence-electron chi connectivity index (χ2n) is 6.75. The average Bonchev–Trinajstić information content (AvgIpc) is 3.41. The molecule has 1 aliphatic heterocycles. The fourth-order valence-electron chi connectivity index (χ4n) is 3.14. The van der Waals surface area contributed by atoms with Gasteiger partial charge in [0.15, 0.2) is 0 Å². The van der Waals surface area contributed by atoms with Crippen molar-refractivity contribution in [2.75, 3.05) is 23.3 Å². The molecule has 1 atom stereocenters. The molecule has 4 rings (SSSR count). The first-order valence-electron chi connectivity index (χ1n) is 10.1. The Kier molecular flexibility index (Phi) is 5.33. The van der Waals surface area contributed by atoms with E-state index in [-0.39, 0.29) is 11.3 Å². The highest BCUT2D eigenvalue weighted by Gasteiger charge is 2.27. The van der Waals surface area contributed by atoms with E-state index in [2.05, 4.69) is 19.4 Å². The highest BCUT2D eigenvalue weighted by molar-refractivity contribution is 7.03. The lowest BCUT2D eigenvalue weighted by atomic mass is 10.1. The van der Waals surface area contributed by atoms with Crippen LogP contribution in [0.2, 0.25) is 0 Å². The van der Waals surface area contributed by atoms with Gasteiger partial charge in [-0.3, -0.25) is 4.79 Å². The summed E-state index contributed by atoms with van der Waals surface area (Å²) in [6.45, 7) is 1.04. The van der Waals surface area contributed by atoms with Crippen LogP contribution in [0.1, 0.15) is 19.5 Å². The maximum atomic E-state index is 12.9. The topological polar surface area (TPSA) is 87.6 Å². The zero-order chi connectivity index (χ0) is 23.8. The van der Waals surface area contributed by atoms with Crippen LogP contribution in [0, 0.1) is 0 Å². The second-order valence-corrected chi connectivity index (χ2v) is 7.85. The zero-order valence-corrected chi connectivity index (χ0v) is 17.4. The standard InChI is InChI=1S/C20H17ClF2N4O3S/c21-20(22,23)30-16-3-1-14(2-4-16)26-19(29)12-7-17(13-9-25-31-11-13)18(24-8-12)27-6-5-15(28)10-27/h1-4,7-9,11,15,28H,5-6,10H2,(H,26,29)/t15-/m1/s1/i1D,2D. The van der Waals surface area contributed by atoms with Gasteiger partial charge in [0.05, 0.1) is 14.4 Å². The Morgan fingerprint density at radius 3 is 2.81 bits per heavy atom. The number of β-amino-alcohol motifs (C(OH)–C–C–N with tert-alkyl or cyclic N) is 1.